The number of ether oxygens (including phenoxy) is 2. The lowest BCUT2D eigenvalue weighted by Crippen LogP contribution is -2.50. The predicted molar refractivity (Wildman–Crippen MR) is 113 cm³/mol. The highest BCUT2D eigenvalue weighted by Gasteiger charge is 2.29. The zero-order valence-electron chi connectivity index (χ0n) is 17.7. The highest BCUT2D eigenvalue weighted by molar-refractivity contribution is 5.88. The SMILES string of the molecule is CCCNC(=O)[C@@H](CC)N(Cc1cccc(OC)c1)C(=O)COc1ccccc1F. The number of carbonyl (C=O) groups excluding carboxylic acids is 2. The summed E-state index contributed by atoms with van der Waals surface area (Å²) < 4.78 is 24.5. The highest BCUT2D eigenvalue weighted by atomic mass is 19.1. The van der Waals surface area contributed by atoms with Crippen LogP contribution in [-0.4, -0.2) is 43.0 Å². The van der Waals surface area contributed by atoms with Crippen molar-refractivity contribution in [3.8, 4) is 11.5 Å². The molecule has 0 aliphatic carbocycles. The molecule has 7 heteroatoms. The smallest absolute Gasteiger partial charge is 0.261 e. The molecule has 0 saturated carbocycles. The van der Waals surface area contributed by atoms with Crippen LogP contribution in [0.15, 0.2) is 48.5 Å². The molecule has 1 atom stereocenters. The third kappa shape index (κ3) is 6.47. The van der Waals surface area contributed by atoms with Crippen molar-refractivity contribution in [3.63, 3.8) is 0 Å². The van der Waals surface area contributed by atoms with Crippen LogP contribution in [0.25, 0.3) is 0 Å². The number of nitrogens with one attached hydrogen (secondary N) is 1. The Labute approximate surface area is 177 Å². The molecule has 0 unspecified atom stereocenters. The minimum atomic E-state index is -0.667. The van der Waals surface area contributed by atoms with Gasteiger partial charge in [-0.2, -0.15) is 0 Å². The van der Waals surface area contributed by atoms with Crippen LogP contribution >= 0.6 is 0 Å². The second-order valence-corrected chi connectivity index (χ2v) is 6.81. The molecule has 0 aromatic heterocycles. The molecule has 0 radical (unpaired) electrons. The molecule has 2 aromatic rings. The standard InChI is InChI=1S/C23H29FN2O4/c1-4-13-25-23(28)20(5-2)26(15-17-9-8-10-18(14-17)29-3)22(27)16-30-21-12-7-6-11-19(21)24/h6-12,14,20H,4-5,13,15-16H2,1-3H3,(H,25,28)/t20-/m1/s1. The minimum Gasteiger partial charge on any atom is -0.497 e. The number of halogens is 1. The monoisotopic (exact) mass is 416 g/mol. The summed E-state index contributed by atoms with van der Waals surface area (Å²) in [6.07, 6.45) is 1.23. The van der Waals surface area contributed by atoms with Crippen LogP contribution in [0.1, 0.15) is 32.3 Å². The van der Waals surface area contributed by atoms with Crippen LogP contribution in [0.5, 0.6) is 11.5 Å². The van der Waals surface area contributed by atoms with Crippen molar-refractivity contribution in [1.82, 2.24) is 10.2 Å². The molecular weight excluding hydrogens is 387 g/mol. The maximum atomic E-state index is 13.8. The van der Waals surface area contributed by atoms with Gasteiger partial charge in [0, 0.05) is 13.1 Å². The van der Waals surface area contributed by atoms with Crippen LogP contribution in [0.4, 0.5) is 4.39 Å². The molecule has 162 valence electrons. The number of methoxy groups -OCH3 is 1. The van der Waals surface area contributed by atoms with Crippen molar-refractivity contribution >= 4 is 11.8 Å². The Morgan fingerprint density at radius 1 is 1.13 bits per heavy atom. The van der Waals surface area contributed by atoms with E-state index in [1.165, 1.54) is 17.0 Å². The Hall–Kier alpha value is -3.09. The summed E-state index contributed by atoms with van der Waals surface area (Å²) in [5.74, 6) is -0.514. The number of carbonyl (C=O) groups is 2. The van der Waals surface area contributed by atoms with Gasteiger partial charge in [0.05, 0.1) is 7.11 Å². The molecule has 2 rings (SSSR count). The van der Waals surface area contributed by atoms with Crippen LogP contribution in [0.3, 0.4) is 0 Å². The molecule has 30 heavy (non-hydrogen) atoms. The van der Waals surface area contributed by atoms with Crippen LogP contribution < -0.4 is 14.8 Å². The Morgan fingerprint density at radius 3 is 2.57 bits per heavy atom. The second-order valence-electron chi connectivity index (χ2n) is 6.81. The van der Waals surface area contributed by atoms with E-state index in [9.17, 15) is 14.0 Å². The molecule has 2 amide bonds. The molecule has 0 fully saturated rings. The molecule has 0 aliphatic rings. The van der Waals surface area contributed by atoms with Gasteiger partial charge < -0.3 is 19.7 Å². The van der Waals surface area contributed by atoms with Gasteiger partial charge in [-0.3, -0.25) is 9.59 Å². The van der Waals surface area contributed by atoms with Crippen LogP contribution in [0, 0.1) is 5.82 Å². The summed E-state index contributed by atoms with van der Waals surface area (Å²) in [6, 6.07) is 12.5. The first kappa shape index (κ1) is 23.2. The van der Waals surface area contributed by atoms with Gasteiger partial charge in [0.2, 0.25) is 5.91 Å². The number of nitrogens with zero attached hydrogens (tertiary/aromatic N) is 1. The van der Waals surface area contributed by atoms with Gasteiger partial charge in [-0.15, -0.1) is 0 Å². The number of hydrogen-bond donors (Lipinski definition) is 1. The average molecular weight is 416 g/mol. The topological polar surface area (TPSA) is 67.9 Å². The Morgan fingerprint density at radius 2 is 1.90 bits per heavy atom. The normalized spacial score (nSPS) is 11.5. The maximum absolute atomic E-state index is 13.8. The largest absolute Gasteiger partial charge is 0.497 e. The van der Waals surface area contributed by atoms with Gasteiger partial charge in [-0.25, -0.2) is 4.39 Å². The molecule has 1 N–H and O–H groups in total. The second kappa shape index (κ2) is 11.8. The van der Waals surface area contributed by atoms with Gasteiger partial charge in [0.1, 0.15) is 11.8 Å². The zero-order valence-corrected chi connectivity index (χ0v) is 17.7. The Bertz CT molecular complexity index is 843. The van der Waals surface area contributed by atoms with Crippen molar-refractivity contribution in [3.05, 3.63) is 59.9 Å². The number of hydrogen-bond acceptors (Lipinski definition) is 4. The summed E-state index contributed by atoms with van der Waals surface area (Å²) in [5, 5.41) is 2.85. The van der Waals surface area contributed by atoms with Gasteiger partial charge in [-0.05, 0) is 42.7 Å². The van der Waals surface area contributed by atoms with E-state index in [1.54, 1.807) is 19.2 Å². The lowest BCUT2D eigenvalue weighted by Gasteiger charge is -2.30. The first-order valence-corrected chi connectivity index (χ1v) is 10.1. The third-order valence-electron chi connectivity index (χ3n) is 4.61. The highest BCUT2D eigenvalue weighted by Crippen LogP contribution is 2.19. The maximum Gasteiger partial charge on any atom is 0.261 e. The summed E-state index contributed by atoms with van der Waals surface area (Å²) >= 11 is 0. The molecule has 2 aromatic carbocycles. The zero-order chi connectivity index (χ0) is 21.9. The molecule has 0 bridgehead atoms. The fraction of sp³-hybridized carbons (Fsp3) is 0.391. The predicted octanol–water partition coefficient (Wildman–Crippen LogP) is 3.55. The lowest BCUT2D eigenvalue weighted by molar-refractivity contribution is -0.143. The number of benzene rings is 2. The number of rotatable bonds is 11. The summed E-state index contributed by atoms with van der Waals surface area (Å²) in [4.78, 5) is 27.2. The summed E-state index contributed by atoms with van der Waals surface area (Å²) in [5.41, 5.74) is 0.815. The van der Waals surface area contributed by atoms with Gasteiger partial charge in [-0.1, -0.05) is 38.1 Å². The van der Waals surface area contributed by atoms with Crippen LogP contribution in [-0.2, 0) is 16.1 Å². The van der Waals surface area contributed by atoms with Gasteiger partial charge in [0.15, 0.2) is 18.2 Å². The summed E-state index contributed by atoms with van der Waals surface area (Å²) in [7, 11) is 1.57. The first-order chi connectivity index (χ1) is 14.5. The first-order valence-electron chi connectivity index (χ1n) is 10.1. The number of para-hydroxylation sites is 1. The van der Waals surface area contributed by atoms with Gasteiger partial charge in [0.25, 0.3) is 5.91 Å². The minimum absolute atomic E-state index is 0.00402. The van der Waals surface area contributed by atoms with E-state index in [-0.39, 0.29) is 24.8 Å². The molecular formula is C23H29FN2O4. The fourth-order valence-corrected chi connectivity index (χ4v) is 3.04. The Balaban J connectivity index is 2.22. The van der Waals surface area contributed by atoms with E-state index in [4.69, 9.17) is 9.47 Å². The van der Waals surface area contributed by atoms with E-state index in [1.807, 2.05) is 38.1 Å². The van der Waals surface area contributed by atoms with E-state index in [0.29, 0.717) is 18.7 Å². The van der Waals surface area contributed by atoms with E-state index < -0.39 is 17.8 Å². The molecule has 0 spiro atoms. The fourth-order valence-electron chi connectivity index (χ4n) is 3.04. The quantitative estimate of drug-likeness (QED) is 0.608. The molecule has 6 nitrogen and oxygen atoms in total. The summed E-state index contributed by atoms with van der Waals surface area (Å²) in [6.45, 7) is 4.17. The van der Waals surface area contributed by atoms with E-state index >= 15 is 0 Å². The van der Waals surface area contributed by atoms with Crippen molar-refractivity contribution < 1.29 is 23.5 Å². The van der Waals surface area contributed by atoms with Crippen LogP contribution in [0.2, 0.25) is 0 Å². The van der Waals surface area contributed by atoms with Crippen molar-refractivity contribution in [2.24, 2.45) is 0 Å². The van der Waals surface area contributed by atoms with Crippen molar-refractivity contribution in [1.29, 1.82) is 0 Å². The van der Waals surface area contributed by atoms with Gasteiger partial charge >= 0.3 is 0 Å². The third-order valence-corrected chi connectivity index (χ3v) is 4.61. The molecule has 0 heterocycles. The molecule has 0 aliphatic heterocycles. The number of amides is 2. The van der Waals surface area contributed by atoms with Crippen molar-refractivity contribution in [2.45, 2.75) is 39.3 Å². The lowest BCUT2D eigenvalue weighted by atomic mass is 10.1. The Kier molecular flexibility index (Phi) is 9.12. The molecule has 0 saturated heterocycles. The van der Waals surface area contributed by atoms with E-state index in [0.717, 1.165) is 12.0 Å². The van der Waals surface area contributed by atoms with Crippen molar-refractivity contribution in [2.75, 3.05) is 20.3 Å². The average Bonchev–Trinajstić information content (AvgIpc) is 2.76. The van der Waals surface area contributed by atoms with E-state index in [2.05, 4.69) is 5.32 Å².